The van der Waals surface area contributed by atoms with Gasteiger partial charge in [0.15, 0.2) is 5.17 Å². The number of aliphatic imine (C=N–C) groups is 1. The number of rotatable bonds is 11. The Morgan fingerprint density at radius 2 is 2.00 bits per heavy atom. The van der Waals surface area contributed by atoms with Crippen LogP contribution in [0.5, 0.6) is 0 Å². The predicted molar refractivity (Wildman–Crippen MR) is 132 cm³/mol. The molecule has 2 aliphatic rings. The summed E-state index contributed by atoms with van der Waals surface area (Å²) in [4.78, 5) is 32.2. The fourth-order valence-electron chi connectivity index (χ4n) is 3.43. The van der Waals surface area contributed by atoms with Crippen LogP contribution < -0.4 is 5.32 Å². The normalized spacial score (nSPS) is 15.3. The first-order valence-electron chi connectivity index (χ1n) is 10.6. The van der Waals surface area contributed by atoms with Crippen molar-refractivity contribution < 1.29 is 14.7 Å². The third-order valence-corrected chi connectivity index (χ3v) is 7.16. The molecule has 1 aromatic carbocycles. The molecule has 2 aliphatic heterocycles. The van der Waals surface area contributed by atoms with Crippen LogP contribution in [0, 0.1) is 0 Å². The highest BCUT2D eigenvalue weighted by Gasteiger charge is 2.33. The van der Waals surface area contributed by atoms with Gasteiger partial charge in [-0.3, -0.25) is 14.6 Å². The second-order valence-electron chi connectivity index (χ2n) is 7.33. The number of amidine groups is 1. The molecule has 0 atom stereocenters. The molecule has 2 heterocycles. The van der Waals surface area contributed by atoms with Gasteiger partial charge >= 0.3 is 5.97 Å². The molecule has 1 aromatic rings. The maximum absolute atomic E-state index is 12.9. The third kappa shape index (κ3) is 7.47. The Morgan fingerprint density at radius 1 is 1.23 bits per heavy atom. The van der Waals surface area contributed by atoms with Crippen LogP contribution in [0.2, 0.25) is 0 Å². The Balaban J connectivity index is 0.00000341. The molecule has 0 saturated heterocycles. The molecule has 31 heavy (non-hydrogen) atoms. The number of aliphatic carboxylic acids is 1. The number of hydrogen-bond acceptors (Lipinski definition) is 6. The number of carboxylic acids is 1. The summed E-state index contributed by atoms with van der Waals surface area (Å²) in [5.41, 5.74) is 1.90. The Bertz CT molecular complexity index is 828. The van der Waals surface area contributed by atoms with Crippen LogP contribution in [0.4, 0.5) is 5.69 Å². The highest BCUT2D eigenvalue weighted by atomic mass is 35.5. The fraction of sp³-hybridized carbons (Fsp3) is 0.500. The van der Waals surface area contributed by atoms with E-state index in [2.05, 4.69) is 22.1 Å². The van der Waals surface area contributed by atoms with Crippen molar-refractivity contribution in [2.75, 3.05) is 24.2 Å². The molecule has 0 unspecified atom stereocenters. The number of benzene rings is 1. The van der Waals surface area contributed by atoms with Gasteiger partial charge in [0.1, 0.15) is 0 Å². The molecule has 1 amide bonds. The number of unbranched alkanes of at least 4 members (excludes halogenated alkanes) is 2. The first-order chi connectivity index (χ1) is 14.6. The summed E-state index contributed by atoms with van der Waals surface area (Å²) in [6, 6.07) is 7.92. The summed E-state index contributed by atoms with van der Waals surface area (Å²) in [5.74, 6) is 0.185. The number of carboxylic acid groups (broad SMARTS) is 1. The lowest BCUT2D eigenvalue weighted by Gasteiger charge is -2.25. The first kappa shape index (κ1) is 25.6. The number of amides is 1. The van der Waals surface area contributed by atoms with Gasteiger partial charge < -0.3 is 15.3 Å². The lowest BCUT2D eigenvalue weighted by Crippen LogP contribution is -2.29. The van der Waals surface area contributed by atoms with Gasteiger partial charge in [-0.25, -0.2) is 0 Å². The number of nitrogens with zero attached hydrogens (tertiary/aromatic N) is 2. The van der Waals surface area contributed by atoms with Gasteiger partial charge in [-0.2, -0.15) is 0 Å². The van der Waals surface area contributed by atoms with Gasteiger partial charge in [-0.05, 0) is 67.5 Å². The second kappa shape index (κ2) is 13.0. The number of carbonyl (C=O) groups is 2. The molecule has 0 saturated carbocycles. The summed E-state index contributed by atoms with van der Waals surface area (Å²) in [7, 11) is 0. The Morgan fingerprint density at radius 3 is 2.71 bits per heavy atom. The molecule has 9 heteroatoms. The molecule has 6 nitrogen and oxygen atoms in total. The van der Waals surface area contributed by atoms with Crippen LogP contribution in [0.25, 0.3) is 0 Å². The minimum absolute atomic E-state index is 0. The highest BCUT2D eigenvalue weighted by molar-refractivity contribution is 8.18. The topological polar surface area (TPSA) is 82.0 Å². The van der Waals surface area contributed by atoms with Crippen molar-refractivity contribution in [2.45, 2.75) is 56.8 Å². The largest absolute Gasteiger partial charge is 0.481 e. The quantitative estimate of drug-likeness (QED) is 0.314. The van der Waals surface area contributed by atoms with Crippen LogP contribution in [0.3, 0.4) is 0 Å². The van der Waals surface area contributed by atoms with Gasteiger partial charge in [0.25, 0.3) is 5.91 Å². The summed E-state index contributed by atoms with van der Waals surface area (Å²) < 4.78 is 0. The number of anilines is 1. The molecule has 3 rings (SSSR count). The molecule has 0 radical (unpaired) electrons. The third-order valence-electron chi connectivity index (χ3n) is 4.91. The zero-order valence-corrected chi connectivity index (χ0v) is 20.2. The zero-order chi connectivity index (χ0) is 21.3. The van der Waals surface area contributed by atoms with Crippen molar-refractivity contribution in [2.24, 2.45) is 4.99 Å². The van der Waals surface area contributed by atoms with E-state index in [1.54, 1.807) is 11.8 Å². The molecule has 0 fully saturated rings. The van der Waals surface area contributed by atoms with Gasteiger partial charge in [-0.15, -0.1) is 24.2 Å². The maximum atomic E-state index is 12.9. The SMILES string of the molecule is CCCC1=C(C(=O)Nc2ccc(SCCCCCC(=O)O)cc2)SC2=NCCCN21.Cl. The first-order valence-corrected chi connectivity index (χ1v) is 12.4. The Hall–Kier alpha value is -1.64. The number of allylic oxidation sites excluding steroid dienone is 1. The van der Waals surface area contributed by atoms with Crippen LogP contribution in [-0.2, 0) is 9.59 Å². The maximum Gasteiger partial charge on any atom is 0.303 e. The summed E-state index contributed by atoms with van der Waals surface area (Å²) in [6.45, 7) is 3.92. The lowest BCUT2D eigenvalue weighted by molar-refractivity contribution is -0.137. The average Bonchev–Trinajstić information content (AvgIpc) is 3.11. The minimum Gasteiger partial charge on any atom is -0.481 e. The van der Waals surface area contributed by atoms with E-state index < -0.39 is 5.97 Å². The molecule has 0 bridgehead atoms. The lowest BCUT2D eigenvalue weighted by atomic mass is 10.2. The molecular weight excluding hydrogens is 454 g/mol. The number of thioether (sulfide) groups is 2. The Labute approximate surface area is 198 Å². The van der Waals surface area contributed by atoms with Crippen LogP contribution >= 0.6 is 35.9 Å². The number of halogens is 1. The average molecular weight is 484 g/mol. The van der Waals surface area contributed by atoms with E-state index in [4.69, 9.17) is 5.11 Å². The minimum atomic E-state index is -0.724. The molecule has 0 spiro atoms. The van der Waals surface area contributed by atoms with E-state index >= 15 is 0 Å². The van der Waals surface area contributed by atoms with Crippen molar-refractivity contribution in [1.82, 2.24) is 4.90 Å². The predicted octanol–water partition coefficient (Wildman–Crippen LogP) is 5.60. The highest BCUT2D eigenvalue weighted by Crippen LogP contribution is 2.38. The smallest absolute Gasteiger partial charge is 0.303 e. The number of nitrogens with one attached hydrogen (secondary N) is 1. The number of carbonyl (C=O) groups excluding carboxylic acids is 1. The van der Waals surface area contributed by atoms with Gasteiger partial charge in [-0.1, -0.05) is 19.8 Å². The van der Waals surface area contributed by atoms with Crippen molar-refractivity contribution in [3.63, 3.8) is 0 Å². The van der Waals surface area contributed by atoms with E-state index in [0.717, 1.165) is 83.7 Å². The van der Waals surface area contributed by atoms with E-state index in [1.807, 2.05) is 24.3 Å². The summed E-state index contributed by atoms with van der Waals surface area (Å²) in [5, 5.41) is 12.7. The van der Waals surface area contributed by atoms with E-state index in [1.165, 1.54) is 11.8 Å². The Kier molecular flexibility index (Phi) is 10.8. The summed E-state index contributed by atoms with van der Waals surface area (Å²) in [6.07, 6.45) is 5.84. The van der Waals surface area contributed by atoms with Crippen molar-refractivity contribution in [3.05, 3.63) is 34.9 Å². The molecule has 0 aliphatic carbocycles. The van der Waals surface area contributed by atoms with Crippen LogP contribution in [0.1, 0.15) is 51.9 Å². The van der Waals surface area contributed by atoms with E-state index in [9.17, 15) is 9.59 Å². The number of hydrogen-bond donors (Lipinski definition) is 2. The molecule has 170 valence electrons. The van der Waals surface area contributed by atoms with Gasteiger partial charge in [0.2, 0.25) is 0 Å². The van der Waals surface area contributed by atoms with Crippen molar-refractivity contribution in [3.8, 4) is 0 Å². The van der Waals surface area contributed by atoms with Gasteiger partial charge in [0, 0.05) is 35.8 Å². The molecule has 2 N–H and O–H groups in total. The number of fused-ring (bicyclic) bond motifs is 1. The van der Waals surface area contributed by atoms with E-state index in [0.29, 0.717) is 0 Å². The summed E-state index contributed by atoms with van der Waals surface area (Å²) >= 11 is 3.25. The van der Waals surface area contributed by atoms with Gasteiger partial charge in [0.05, 0.1) is 4.91 Å². The van der Waals surface area contributed by atoms with Crippen LogP contribution in [0.15, 0.2) is 44.8 Å². The van der Waals surface area contributed by atoms with Crippen molar-refractivity contribution >= 4 is 58.7 Å². The monoisotopic (exact) mass is 483 g/mol. The van der Waals surface area contributed by atoms with Crippen LogP contribution in [-0.4, -0.2) is 45.9 Å². The molecular formula is C22H30ClN3O3S2. The van der Waals surface area contributed by atoms with Crippen molar-refractivity contribution in [1.29, 1.82) is 0 Å². The van der Waals surface area contributed by atoms with E-state index in [-0.39, 0.29) is 24.7 Å². The standard InChI is InChI=1S/C22H29N3O3S2.ClH/c1-2-7-18-20(30-22-23-13-6-14-25(18)22)21(28)24-16-9-11-17(12-10-16)29-15-5-3-4-8-19(26)27;/h9-12H,2-8,13-15H2,1H3,(H,24,28)(H,26,27);1H. The molecule has 0 aromatic heterocycles. The zero-order valence-electron chi connectivity index (χ0n) is 17.8. The second-order valence-corrected chi connectivity index (χ2v) is 9.47. The fourth-order valence-corrected chi connectivity index (χ4v) is 5.46.